The van der Waals surface area contributed by atoms with Gasteiger partial charge in [-0.15, -0.1) is 11.3 Å². The van der Waals surface area contributed by atoms with Crippen molar-refractivity contribution in [1.82, 2.24) is 4.48 Å². The Morgan fingerprint density at radius 3 is 2.70 bits per heavy atom. The third-order valence-electron chi connectivity index (χ3n) is 1.49. The highest BCUT2D eigenvalue weighted by Crippen LogP contribution is 2.19. The predicted octanol–water partition coefficient (Wildman–Crippen LogP) is 1.92. The number of nitrogens with one attached hydrogen (secondary N) is 1. The molecule has 0 spiro atoms. The molecule has 1 heterocycles. The summed E-state index contributed by atoms with van der Waals surface area (Å²) in [5.41, 5.74) is 1.17. The summed E-state index contributed by atoms with van der Waals surface area (Å²) in [6, 6.07) is 2.04. The molecule has 0 saturated heterocycles. The van der Waals surface area contributed by atoms with E-state index in [0.717, 1.165) is 0 Å². The highest BCUT2D eigenvalue weighted by molar-refractivity contribution is 7.08. The maximum absolute atomic E-state index is 7.13. The average Bonchev–Trinajstić information content (AvgIpc) is 2.38. The molecule has 0 aliphatic carbocycles. The Hall–Kier alpha value is -0.670. The molecule has 0 amide bonds. The van der Waals surface area contributed by atoms with Crippen LogP contribution in [0.1, 0.15) is 0 Å². The first-order valence-corrected chi connectivity index (χ1v) is 3.99. The van der Waals surface area contributed by atoms with Crippen LogP contribution in [0.25, 0.3) is 0 Å². The number of thiophene rings is 1. The lowest BCUT2D eigenvalue weighted by molar-refractivity contribution is 0.610. The number of hydrogen-bond acceptors (Lipinski definition) is 2. The second-order valence-corrected chi connectivity index (χ2v) is 3.43. The van der Waals surface area contributed by atoms with E-state index in [0.29, 0.717) is 4.48 Å². The topological polar surface area (TPSA) is 23.9 Å². The van der Waals surface area contributed by atoms with Crippen LogP contribution >= 0.6 is 11.3 Å². The van der Waals surface area contributed by atoms with Crippen LogP contribution in [0.2, 0.25) is 0 Å². The summed E-state index contributed by atoms with van der Waals surface area (Å²) in [4.78, 5) is 0. The van der Waals surface area contributed by atoms with Gasteiger partial charge in [-0.2, -0.15) is 0 Å². The van der Waals surface area contributed by atoms with Crippen LogP contribution < -0.4 is 4.48 Å². The molecule has 0 aliphatic rings. The van der Waals surface area contributed by atoms with Crippen LogP contribution in [-0.4, -0.2) is 20.4 Å². The van der Waals surface area contributed by atoms with E-state index in [1.54, 1.807) is 11.3 Å². The maximum Gasteiger partial charge on any atom is 0.187 e. The minimum Gasteiger partial charge on any atom is -0.257 e. The zero-order chi connectivity index (χ0) is 7.61. The van der Waals surface area contributed by atoms with E-state index in [1.165, 1.54) is 12.0 Å². The van der Waals surface area contributed by atoms with Crippen molar-refractivity contribution < 1.29 is 0 Å². The van der Waals surface area contributed by atoms with Crippen molar-refractivity contribution in [1.29, 1.82) is 5.41 Å². The Morgan fingerprint density at radius 1 is 1.60 bits per heavy atom. The first-order chi connectivity index (χ1) is 4.67. The summed E-state index contributed by atoms with van der Waals surface area (Å²) in [7, 11) is 3.96. The SMILES string of the molecule is C[N+](C)(C=N)c1ccsc1. The van der Waals surface area contributed by atoms with Gasteiger partial charge in [0, 0.05) is 6.07 Å². The largest absolute Gasteiger partial charge is 0.257 e. The normalized spacial score (nSPS) is 11.4. The van der Waals surface area contributed by atoms with Gasteiger partial charge in [0.05, 0.1) is 19.5 Å². The van der Waals surface area contributed by atoms with Crippen LogP contribution in [0.15, 0.2) is 16.8 Å². The van der Waals surface area contributed by atoms with E-state index >= 15 is 0 Å². The molecule has 54 valence electrons. The minimum atomic E-state index is 0.531. The molecule has 1 aromatic rings. The fourth-order valence-electron chi connectivity index (χ4n) is 0.660. The lowest BCUT2D eigenvalue weighted by Gasteiger charge is -2.20. The van der Waals surface area contributed by atoms with Crippen molar-refractivity contribution in [2.45, 2.75) is 0 Å². The van der Waals surface area contributed by atoms with Gasteiger partial charge < -0.3 is 0 Å². The molecule has 0 bridgehead atoms. The Kier molecular flexibility index (Phi) is 1.87. The van der Waals surface area contributed by atoms with Gasteiger partial charge in [0.2, 0.25) is 0 Å². The maximum atomic E-state index is 7.13. The first-order valence-electron chi connectivity index (χ1n) is 3.05. The smallest absolute Gasteiger partial charge is 0.187 e. The van der Waals surface area contributed by atoms with Crippen LogP contribution in [0.5, 0.6) is 0 Å². The van der Waals surface area contributed by atoms with Gasteiger partial charge in [-0.3, -0.25) is 9.89 Å². The van der Waals surface area contributed by atoms with Gasteiger partial charge in [-0.05, 0) is 5.38 Å². The zero-order valence-electron chi connectivity index (χ0n) is 6.16. The van der Waals surface area contributed by atoms with E-state index in [2.05, 4.69) is 5.38 Å². The average molecular weight is 155 g/mol. The summed E-state index contributed by atoms with van der Waals surface area (Å²) >= 11 is 1.66. The van der Waals surface area contributed by atoms with Crippen LogP contribution in [0.4, 0.5) is 5.69 Å². The van der Waals surface area contributed by atoms with Crippen molar-refractivity contribution in [2.24, 2.45) is 0 Å². The first kappa shape index (κ1) is 7.44. The van der Waals surface area contributed by atoms with Gasteiger partial charge in [-0.1, -0.05) is 0 Å². The van der Waals surface area contributed by atoms with Crippen molar-refractivity contribution in [3.05, 3.63) is 16.8 Å². The molecule has 2 nitrogen and oxygen atoms in total. The van der Waals surface area contributed by atoms with E-state index in [9.17, 15) is 0 Å². The van der Waals surface area contributed by atoms with Gasteiger partial charge in [0.25, 0.3) is 0 Å². The molecule has 1 aromatic heterocycles. The molecular weight excluding hydrogens is 144 g/mol. The predicted molar refractivity (Wildman–Crippen MR) is 46.7 cm³/mol. The third-order valence-corrected chi connectivity index (χ3v) is 2.17. The Labute approximate surface area is 64.8 Å². The van der Waals surface area contributed by atoms with E-state index in [4.69, 9.17) is 5.41 Å². The molecule has 0 aromatic carbocycles. The standard InChI is InChI=1S/C7H11N2S/c1-9(2,6-8)7-3-4-10-5-7/h3-6,8H,1-2H3/q+1. The van der Waals surface area contributed by atoms with Crippen LogP contribution in [0.3, 0.4) is 0 Å². The molecule has 0 saturated carbocycles. The summed E-state index contributed by atoms with van der Waals surface area (Å²) in [5.74, 6) is 0. The van der Waals surface area contributed by atoms with Gasteiger partial charge in [0.15, 0.2) is 6.34 Å². The molecule has 0 radical (unpaired) electrons. The molecule has 0 atom stereocenters. The summed E-state index contributed by atoms with van der Waals surface area (Å²) in [6.45, 7) is 0. The third kappa shape index (κ3) is 1.25. The second kappa shape index (κ2) is 2.52. The molecule has 10 heavy (non-hydrogen) atoms. The molecular formula is C7H11N2S+. The monoisotopic (exact) mass is 155 g/mol. The van der Waals surface area contributed by atoms with Crippen molar-refractivity contribution >= 4 is 23.4 Å². The molecule has 1 N–H and O–H groups in total. The highest BCUT2D eigenvalue weighted by Gasteiger charge is 2.15. The summed E-state index contributed by atoms with van der Waals surface area (Å²) in [6.07, 6.45) is 1.42. The molecule has 0 aliphatic heterocycles. The molecule has 0 unspecified atom stereocenters. The summed E-state index contributed by atoms with van der Waals surface area (Å²) < 4.78 is 0.531. The summed E-state index contributed by atoms with van der Waals surface area (Å²) in [5, 5.41) is 11.2. The molecule has 0 fully saturated rings. The number of rotatable bonds is 2. The number of hydrogen-bond donors (Lipinski definition) is 1. The van der Waals surface area contributed by atoms with Gasteiger partial charge in [0.1, 0.15) is 5.69 Å². The van der Waals surface area contributed by atoms with Crippen molar-refractivity contribution in [2.75, 3.05) is 14.1 Å². The lowest BCUT2D eigenvalue weighted by atomic mass is 10.4. The van der Waals surface area contributed by atoms with Crippen LogP contribution in [0, 0.1) is 5.41 Å². The van der Waals surface area contributed by atoms with Crippen LogP contribution in [-0.2, 0) is 0 Å². The number of quaternary nitrogens is 1. The van der Waals surface area contributed by atoms with Gasteiger partial charge in [-0.25, -0.2) is 0 Å². The second-order valence-electron chi connectivity index (χ2n) is 2.65. The number of nitrogens with zero attached hydrogens (tertiary/aromatic N) is 1. The Morgan fingerprint density at radius 2 is 2.30 bits per heavy atom. The van der Waals surface area contributed by atoms with E-state index < -0.39 is 0 Å². The molecule has 1 rings (SSSR count). The zero-order valence-corrected chi connectivity index (χ0v) is 6.98. The lowest BCUT2D eigenvalue weighted by Crippen LogP contribution is -2.37. The van der Waals surface area contributed by atoms with Crippen molar-refractivity contribution in [3.8, 4) is 0 Å². The van der Waals surface area contributed by atoms with E-state index in [1.807, 2.05) is 25.5 Å². The Bertz CT molecular complexity index is 214. The fourth-order valence-corrected chi connectivity index (χ4v) is 1.45. The van der Waals surface area contributed by atoms with Gasteiger partial charge >= 0.3 is 0 Å². The fraction of sp³-hybridized carbons (Fsp3) is 0.286. The minimum absolute atomic E-state index is 0.531. The highest BCUT2D eigenvalue weighted by atomic mass is 32.1. The van der Waals surface area contributed by atoms with Crippen molar-refractivity contribution in [3.63, 3.8) is 0 Å². The Balaban J connectivity index is 2.95. The van der Waals surface area contributed by atoms with E-state index in [-0.39, 0.29) is 0 Å². The quantitative estimate of drug-likeness (QED) is 0.383. The molecule has 3 heteroatoms.